The number of pyridine rings is 2. The summed E-state index contributed by atoms with van der Waals surface area (Å²) in [5.74, 6) is -0.612. The minimum Gasteiger partial charge on any atom is -0.454 e. The third kappa shape index (κ3) is 7.02. The Morgan fingerprint density at radius 2 is 1.84 bits per heavy atom. The Balaban J connectivity index is 1.32. The molecule has 1 aromatic carbocycles. The lowest BCUT2D eigenvalue weighted by Crippen LogP contribution is -2.26. The maximum absolute atomic E-state index is 14.7. The molecule has 4 rings (SSSR count). The fourth-order valence-corrected chi connectivity index (χ4v) is 3.57. The Morgan fingerprint density at radius 1 is 1.08 bits per heavy atom. The average molecular weight is 516 g/mol. The van der Waals surface area contributed by atoms with E-state index < -0.39 is 17.7 Å². The van der Waals surface area contributed by atoms with Crippen molar-refractivity contribution in [2.24, 2.45) is 5.92 Å². The van der Waals surface area contributed by atoms with Crippen LogP contribution in [0.15, 0.2) is 54.9 Å². The molecule has 194 valence electrons. The van der Waals surface area contributed by atoms with Crippen molar-refractivity contribution in [2.45, 2.75) is 38.3 Å². The van der Waals surface area contributed by atoms with Crippen LogP contribution in [0, 0.1) is 11.7 Å². The summed E-state index contributed by atoms with van der Waals surface area (Å²) in [6.45, 7) is 0. The van der Waals surface area contributed by atoms with Gasteiger partial charge in [-0.1, -0.05) is 0 Å². The first kappa shape index (κ1) is 26.1. The molecule has 3 aromatic rings. The number of aromatic nitrogens is 2. The van der Waals surface area contributed by atoms with Crippen LogP contribution < -0.4 is 15.0 Å². The van der Waals surface area contributed by atoms with E-state index in [1.807, 2.05) is 0 Å². The van der Waals surface area contributed by atoms with Gasteiger partial charge in [0.05, 0.1) is 0 Å². The number of ether oxygens (including phenoxy) is 1. The predicted molar refractivity (Wildman–Crippen MR) is 128 cm³/mol. The minimum absolute atomic E-state index is 0.00828. The van der Waals surface area contributed by atoms with E-state index in [1.165, 1.54) is 48.5 Å². The first-order chi connectivity index (χ1) is 17.6. The van der Waals surface area contributed by atoms with Crippen LogP contribution in [0.2, 0.25) is 0 Å². The highest BCUT2D eigenvalue weighted by molar-refractivity contribution is 5.93. The molecule has 0 radical (unpaired) electrons. The summed E-state index contributed by atoms with van der Waals surface area (Å²) < 4.78 is 58.8. The zero-order valence-corrected chi connectivity index (χ0v) is 19.9. The fraction of sp³-hybridized carbons (Fsp3) is 0.308. The van der Waals surface area contributed by atoms with Crippen LogP contribution in [0.5, 0.6) is 11.5 Å². The highest BCUT2D eigenvalue weighted by Crippen LogP contribution is 2.32. The molecule has 1 N–H and O–H groups in total. The smallest absolute Gasteiger partial charge is 0.433 e. The van der Waals surface area contributed by atoms with Gasteiger partial charge in [0.15, 0.2) is 11.6 Å². The fourth-order valence-electron chi connectivity index (χ4n) is 3.57. The molecule has 1 aliphatic carbocycles. The van der Waals surface area contributed by atoms with E-state index in [0.29, 0.717) is 23.5 Å². The minimum atomic E-state index is -4.53. The summed E-state index contributed by atoms with van der Waals surface area (Å²) in [6.07, 6.45) is 0.345. The second-order valence-electron chi connectivity index (χ2n) is 8.71. The number of carbonyl (C=O) groups is 2. The number of rotatable bonds is 9. The van der Waals surface area contributed by atoms with Gasteiger partial charge in [0.25, 0.3) is 0 Å². The molecule has 0 spiro atoms. The van der Waals surface area contributed by atoms with Crippen LogP contribution in [-0.2, 0) is 22.2 Å². The largest absolute Gasteiger partial charge is 0.454 e. The Morgan fingerprint density at radius 3 is 2.54 bits per heavy atom. The first-order valence-corrected chi connectivity index (χ1v) is 11.6. The van der Waals surface area contributed by atoms with Crippen molar-refractivity contribution in [3.05, 3.63) is 71.9 Å². The number of amides is 2. The van der Waals surface area contributed by atoms with Crippen LogP contribution in [0.1, 0.15) is 36.9 Å². The molecule has 2 heterocycles. The van der Waals surface area contributed by atoms with Crippen molar-refractivity contribution in [1.29, 1.82) is 0 Å². The van der Waals surface area contributed by atoms with Gasteiger partial charge >= 0.3 is 6.18 Å². The van der Waals surface area contributed by atoms with E-state index in [0.717, 1.165) is 31.2 Å². The quantitative estimate of drug-likeness (QED) is 0.366. The van der Waals surface area contributed by atoms with Crippen molar-refractivity contribution >= 4 is 23.3 Å². The average Bonchev–Trinajstić information content (AvgIpc) is 3.70. The Hall–Kier alpha value is -4.02. The number of aryl methyl sites for hydroxylation is 1. The standard InChI is InChI=1S/C26H24F4N4O3/c1-34(24(35)4-2-3-16-9-11-31-22(13-16)26(28,29)30)18-7-8-21(20(27)14-18)37-19-10-12-32-23(15-19)33-25(36)17-5-6-17/h7-15,17H,2-6H2,1H3,(H,32,33,36). The molecular formula is C26H24F4N4O3. The van der Waals surface area contributed by atoms with Gasteiger partial charge in [-0.25, -0.2) is 9.37 Å². The molecular weight excluding hydrogens is 492 g/mol. The van der Waals surface area contributed by atoms with Gasteiger partial charge in [-0.15, -0.1) is 0 Å². The van der Waals surface area contributed by atoms with E-state index in [2.05, 4.69) is 15.3 Å². The molecule has 1 aliphatic rings. The molecule has 1 fully saturated rings. The Labute approximate surface area is 210 Å². The van der Waals surface area contributed by atoms with Crippen molar-refractivity contribution in [1.82, 2.24) is 9.97 Å². The van der Waals surface area contributed by atoms with E-state index in [9.17, 15) is 27.2 Å². The maximum atomic E-state index is 14.7. The van der Waals surface area contributed by atoms with Crippen molar-refractivity contribution in [3.63, 3.8) is 0 Å². The zero-order chi connectivity index (χ0) is 26.6. The first-order valence-electron chi connectivity index (χ1n) is 11.6. The molecule has 7 nitrogen and oxygen atoms in total. The van der Waals surface area contributed by atoms with Gasteiger partial charge in [-0.3, -0.25) is 14.6 Å². The van der Waals surface area contributed by atoms with E-state index in [4.69, 9.17) is 4.74 Å². The highest BCUT2D eigenvalue weighted by Gasteiger charge is 2.32. The van der Waals surface area contributed by atoms with Crippen molar-refractivity contribution in [3.8, 4) is 11.5 Å². The number of anilines is 2. The molecule has 0 aliphatic heterocycles. The molecule has 1 saturated carbocycles. The van der Waals surface area contributed by atoms with Gasteiger partial charge in [0, 0.05) is 49.6 Å². The zero-order valence-electron chi connectivity index (χ0n) is 19.9. The second-order valence-corrected chi connectivity index (χ2v) is 8.71. The van der Waals surface area contributed by atoms with Gasteiger partial charge in [-0.05, 0) is 61.6 Å². The number of carbonyl (C=O) groups excluding carboxylic acids is 2. The molecule has 0 bridgehead atoms. The summed E-state index contributed by atoms with van der Waals surface area (Å²) in [5, 5.41) is 2.70. The number of nitrogens with one attached hydrogen (secondary N) is 1. The van der Waals surface area contributed by atoms with Gasteiger partial charge in [0.1, 0.15) is 17.3 Å². The van der Waals surface area contributed by atoms with E-state index in [-0.39, 0.29) is 42.1 Å². The molecule has 0 atom stereocenters. The van der Waals surface area contributed by atoms with Crippen LogP contribution in [-0.4, -0.2) is 28.8 Å². The van der Waals surface area contributed by atoms with Crippen LogP contribution in [0.3, 0.4) is 0 Å². The van der Waals surface area contributed by atoms with Crippen LogP contribution >= 0.6 is 0 Å². The second kappa shape index (κ2) is 10.9. The third-order valence-corrected chi connectivity index (χ3v) is 5.81. The lowest BCUT2D eigenvalue weighted by atomic mass is 10.1. The molecule has 11 heteroatoms. The molecule has 0 saturated heterocycles. The number of halogens is 4. The van der Waals surface area contributed by atoms with Crippen LogP contribution in [0.4, 0.5) is 29.1 Å². The Bertz CT molecular complexity index is 1290. The summed E-state index contributed by atoms with van der Waals surface area (Å²) in [7, 11) is 1.49. The number of hydrogen-bond donors (Lipinski definition) is 1. The normalized spacial score (nSPS) is 13.2. The van der Waals surface area contributed by atoms with E-state index in [1.54, 1.807) is 0 Å². The number of nitrogens with zero attached hydrogens (tertiary/aromatic N) is 3. The summed E-state index contributed by atoms with van der Waals surface area (Å²) in [4.78, 5) is 33.1. The number of hydrogen-bond acceptors (Lipinski definition) is 5. The lowest BCUT2D eigenvalue weighted by molar-refractivity contribution is -0.141. The van der Waals surface area contributed by atoms with E-state index >= 15 is 0 Å². The summed E-state index contributed by atoms with van der Waals surface area (Å²) in [5.41, 5.74) is -0.251. The molecule has 2 amide bonds. The van der Waals surface area contributed by atoms with Crippen molar-refractivity contribution < 1.29 is 31.9 Å². The van der Waals surface area contributed by atoms with Gasteiger partial charge < -0.3 is 15.0 Å². The predicted octanol–water partition coefficient (Wildman–Crippen LogP) is 5.76. The monoisotopic (exact) mass is 516 g/mol. The third-order valence-electron chi connectivity index (χ3n) is 5.81. The topological polar surface area (TPSA) is 84.4 Å². The van der Waals surface area contributed by atoms with Gasteiger partial charge in [-0.2, -0.15) is 13.2 Å². The van der Waals surface area contributed by atoms with Crippen LogP contribution in [0.25, 0.3) is 0 Å². The summed E-state index contributed by atoms with van der Waals surface area (Å²) >= 11 is 0. The molecule has 37 heavy (non-hydrogen) atoms. The highest BCUT2D eigenvalue weighted by atomic mass is 19.4. The van der Waals surface area contributed by atoms with Gasteiger partial charge in [0.2, 0.25) is 11.8 Å². The number of benzene rings is 1. The summed E-state index contributed by atoms with van der Waals surface area (Å²) in [6, 6.07) is 9.51. The molecule has 2 aromatic heterocycles. The lowest BCUT2D eigenvalue weighted by Gasteiger charge is -2.18. The van der Waals surface area contributed by atoms with Crippen molar-refractivity contribution in [2.75, 3.05) is 17.3 Å². The maximum Gasteiger partial charge on any atom is 0.433 e. The Kier molecular flexibility index (Phi) is 7.70. The number of alkyl halides is 3. The molecule has 0 unspecified atom stereocenters. The SMILES string of the molecule is CN(C(=O)CCCc1ccnc(C(F)(F)F)c1)c1ccc(Oc2ccnc(NC(=O)C3CC3)c2)c(F)c1.